The molecule has 21 heteroatoms. The van der Waals surface area contributed by atoms with Gasteiger partial charge in [-0.3, -0.25) is 9.69 Å². The lowest BCUT2D eigenvalue weighted by atomic mass is 9.78. The standard InChI is InChI=1S/C52H91FN4O15S/c1-15-41-51(9,64)26-40(58)34(6)57(12)29-30(2)20-21-50(8,63)46(32(4)44(33(5)47(61)70-41)71-42-27-52(10,67-13)45(60)35(7)69-42)72-48-43(59)39(24-31(3)68-48)56(11)23-22-54-49(62)55-37(28-53)25-36-16-18-38(19-17-36)73(14,65)66/h16-19,30-35,37,39-46,48,58-60,63-64H,15,20-29H2,1-14H3,(H2,54,55,62)/t30-,31-,32+,33-,34-,35+,37+,39+,40+,41-,42+,43-,44+,45+,46-,48+,50-,51+,52-/m1/s1. The summed E-state index contributed by atoms with van der Waals surface area (Å²) in [7, 11) is 1.75. The molecule has 19 atom stereocenters. The minimum atomic E-state index is -3.40. The van der Waals surface area contributed by atoms with Crippen LogP contribution in [0, 0.1) is 17.8 Å². The molecule has 4 rings (SSSR count). The molecule has 0 radical (unpaired) electrons. The number of carbonyl (C=O) groups is 2. The molecule has 422 valence electrons. The summed E-state index contributed by atoms with van der Waals surface area (Å²) in [4.78, 5) is 31.5. The first-order valence-electron chi connectivity index (χ1n) is 26.0. The number of rotatable bonds is 15. The van der Waals surface area contributed by atoms with Crippen LogP contribution < -0.4 is 10.6 Å². The van der Waals surface area contributed by atoms with Gasteiger partial charge in [-0.25, -0.2) is 17.6 Å². The van der Waals surface area contributed by atoms with Gasteiger partial charge in [0.25, 0.3) is 0 Å². The number of aliphatic hydroxyl groups is 5. The highest BCUT2D eigenvalue weighted by Gasteiger charge is 2.52. The number of cyclic esters (lactones) is 1. The van der Waals surface area contributed by atoms with E-state index in [0.717, 1.165) is 6.26 Å². The van der Waals surface area contributed by atoms with Gasteiger partial charge >= 0.3 is 12.0 Å². The van der Waals surface area contributed by atoms with Crippen molar-refractivity contribution in [2.75, 3.05) is 53.8 Å². The van der Waals surface area contributed by atoms with Gasteiger partial charge in [-0.1, -0.05) is 32.9 Å². The summed E-state index contributed by atoms with van der Waals surface area (Å²) in [6, 6.07) is 3.63. The van der Waals surface area contributed by atoms with Crippen LogP contribution in [0.15, 0.2) is 29.2 Å². The fraction of sp³-hybridized carbons (Fsp3) is 0.846. The van der Waals surface area contributed by atoms with Gasteiger partial charge in [-0.15, -0.1) is 0 Å². The van der Waals surface area contributed by atoms with Gasteiger partial charge in [0.2, 0.25) is 0 Å². The summed E-state index contributed by atoms with van der Waals surface area (Å²) in [5, 5.41) is 64.7. The average Bonchev–Trinajstić information content (AvgIpc) is 3.31. The summed E-state index contributed by atoms with van der Waals surface area (Å²) < 4.78 is 75.9. The number of urea groups is 1. The van der Waals surface area contributed by atoms with Gasteiger partial charge in [0.15, 0.2) is 22.4 Å². The Morgan fingerprint density at radius 2 is 1.64 bits per heavy atom. The van der Waals surface area contributed by atoms with Gasteiger partial charge in [0, 0.05) is 63.8 Å². The van der Waals surface area contributed by atoms with Crippen molar-refractivity contribution >= 4 is 21.8 Å². The van der Waals surface area contributed by atoms with E-state index in [4.69, 9.17) is 28.4 Å². The number of likely N-dealkylation sites (N-methyl/N-ethyl adjacent to an activating group) is 2. The molecule has 73 heavy (non-hydrogen) atoms. The minimum Gasteiger partial charge on any atom is -0.459 e. The monoisotopic (exact) mass is 1060 g/mol. The number of methoxy groups -OCH3 is 1. The molecule has 0 aliphatic carbocycles. The normalized spacial score (nSPS) is 39.6. The summed E-state index contributed by atoms with van der Waals surface area (Å²) in [5.41, 5.74) is -3.71. The zero-order valence-corrected chi connectivity index (χ0v) is 46.6. The van der Waals surface area contributed by atoms with E-state index in [0.29, 0.717) is 24.9 Å². The molecule has 3 aliphatic heterocycles. The summed E-state index contributed by atoms with van der Waals surface area (Å²) in [5.74, 6) is -2.66. The highest BCUT2D eigenvalue weighted by molar-refractivity contribution is 7.90. The molecule has 1 aromatic rings. The molecule has 19 nitrogen and oxygen atoms in total. The molecule has 7 N–H and O–H groups in total. The Morgan fingerprint density at radius 3 is 2.23 bits per heavy atom. The Balaban J connectivity index is 1.63. The second kappa shape index (κ2) is 26.6. The molecule has 0 unspecified atom stereocenters. The number of benzene rings is 1. The van der Waals surface area contributed by atoms with Crippen molar-refractivity contribution in [2.45, 2.75) is 215 Å². The van der Waals surface area contributed by atoms with E-state index >= 15 is 0 Å². The maximum absolute atomic E-state index is 14.5. The highest BCUT2D eigenvalue weighted by atomic mass is 32.2. The van der Waals surface area contributed by atoms with Crippen LogP contribution in [0.5, 0.6) is 0 Å². The number of carbonyl (C=O) groups excluding carboxylic acids is 2. The average molecular weight is 1060 g/mol. The number of aliphatic hydroxyl groups excluding tert-OH is 3. The van der Waals surface area contributed by atoms with Crippen molar-refractivity contribution in [3.05, 3.63) is 29.8 Å². The number of halogens is 1. The Bertz CT molecular complexity index is 2010. The molecule has 3 heterocycles. The fourth-order valence-corrected chi connectivity index (χ4v) is 11.4. The van der Waals surface area contributed by atoms with Crippen LogP contribution in [0.1, 0.15) is 113 Å². The van der Waals surface area contributed by atoms with Crippen LogP contribution in [0.25, 0.3) is 0 Å². The number of sulfone groups is 1. The molecule has 0 spiro atoms. The van der Waals surface area contributed by atoms with Gasteiger partial charge in [-0.2, -0.15) is 0 Å². The lowest BCUT2D eigenvalue weighted by Crippen LogP contribution is -2.61. The second-order valence-corrected chi connectivity index (χ2v) is 24.4. The predicted octanol–water partition coefficient (Wildman–Crippen LogP) is 3.33. The van der Waals surface area contributed by atoms with Gasteiger partial charge in [0.05, 0.1) is 58.6 Å². The first kappa shape index (κ1) is 62.9. The number of amides is 2. The van der Waals surface area contributed by atoms with Crippen molar-refractivity contribution in [1.29, 1.82) is 0 Å². The number of hydrogen-bond donors (Lipinski definition) is 7. The first-order valence-corrected chi connectivity index (χ1v) is 27.9. The molecule has 0 aromatic heterocycles. The molecule has 3 saturated heterocycles. The topological polar surface area (TPSA) is 255 Å². The van der Waals surface area contributed by atoms with Crippen molar-refractivity contribution in [3.8, 4) is 0 Å². The second-order valence-electron chi connectivity index (χ2n) is 22.3. The number of ether oxygens (including phenoxy) is 6. The van der Waals surface area contributed by atoms with Crippen LogP contribution in [0.2, 0.25) is 0 Å². The van der Waals surface area contributed by atoms with E-state index in [9.17, 15) is 47.9 Å². The number of alkyl halides is 1. The van der Waals surface area contributed by atoms with Crippen molar-refractivity contribution < 1.29 is 76.4 Å². The van der Waals surface area contributed by atoms with E-state index < -0.39 is 131 Å². The first-order chi connectivity index (χ1) is 33.9. The smallest absolute Gasteiger partial charge is 0.315 e. The Morgan fingerprint density at radius 1 is 1.00 bits per heavy atom. The molecule has 0 bridgehead atoms. The van der Waals surface area contributed by atoms with Crippen molar-refractivity contribution in [1.82, 2.24) is 20.4 Å². The molecule has 0 saturated carbocycles. The van der Waals surface area contributed by atoms with E-state index in [-0.39, 0.29) is 62.0 Å². The quantitative estimate of drug-likeness (QED) is 0.124. The number of nitrogens with one attached hydrogen (secondary N) is 2. The van der Waals surface area contributed by atoms with Gasteiger partial charge < -0.3 is 69.5 Å². The van der Waals surface area contributed by atoms with E-state index in [2.05, 4.69) is 10.6 Å². The SMILES string of the molecule is CC[C@H]1OC(=O)[C@H](C)[C@@H](O[C@H]2C[C@@](C)(OC)[C@@H](O)[C@H](C)O2)[C@H](C)[C@@H](O[C@@H]2O[C@H](C)C[C@H](N(C)CCNC(=O)N[C@H](CF)Cc3ccc(S(C)(=O)=O)cc3)[C@H]2O)[C@](C)(O)CC[C@@H](C)CN(C)[C@H](C)[C@@H](O)C[C@]1(C)O. The molecular formula is C52H91FN4O15S. The summed E-state index contributed by atoms with van der Waals surface area (Å²) >= 11 is 0. The Labute approximate surface area is 434 Å². The molecule has 1 aromatic carbocycles. The largest absolute Gasteiger partial charge is 0.459 e. The third kappa shape index (κ3) is 16.9. The number of esters is 1. The van der Waals surface area contributed by atoms with Crippen LogP contribution >= 0.6 is 0 Å². The fourth-order valence-electron chi connectivity index (χ4n) is 10.7. The lowest BCUT2D eigenvalue weighted by Gasteiger charge is -2.48. The third-order valence-electron chi connectivity index (χ3n) is 15.8. The maximum Gasteiger partial charge on any atom is 0.315 e. The van der Waals surface area contributed by atoms with E-state index in [1.807, 2.05) is 37.6 Å². The molecular weight excluding hydrogens is 972 g/mol. The summed E-state index contributed by atoms with van der Waals surface area (Å²) in [6.45, 7) is 17.6. The van der Waals surface area contributed by atoms with E-state index in [1.54, 1.807) is 67.6 Å². The molecule has 2 amide bonds. The van der Waals surface area contributed by atoms with Crippen LogP contribution in [-0.4, -0.2) is 206 Å². The number of hydrogen-bond acceptors (Lipinski definition) is 17. The van der Waals surface area contributed by atoms with Crippen LogP contribution in [0.4, 0.5) is 9.18 Å². The van der Waals surface area contributed by atoms with E-state index in [1.165, 1.54) is 19.2 Å². The maximum atomic E-state index is 14.5. The molecule has 3 fully saturated rings. The third-order valence-corrected chi connectivity index (χ3v) is 16.9. The number of nitrogens with zero attached hydrogens (tertiary/aromatic N) is 2. The Kier molecular flexibility index (Phi) is 22.9. The summed E-state index contributed by atoms with van der Waals surface area (Å²) in [6.07, 6.45) is -7.55. The van der Waals surface area contributed by atoms with Gasteiger partial charge in [0.1, 0.15) is 30.6 Å². The van der Waals surface area contributed by atoms with Crippen molar-refractivity contribution in [3.63, 3.8) is 0 Å². The van der Waals surface area contributed by atoms with Crippen LogP contribution in [0.3, 0.4) is 0 Å². The van der Waals surface area contributed by atoms with Crippen LogP contribution in [-0.2, 0) is 49.5 Å². The zero-order chi connectivity index (χ0) is 55.0. The zero-order valence-electron chi connectivity index (χ0n) is 45.8. The predicted molar refractivity (Wildman–Crippen MR) is 272 cm³/mol. The lowest BCUT2D eigenvalue weighted by molar-refractivity contribution is -0.317. The molecule has 3 aliphatic rings. The highest BCUT2D eigenvalue weighted by Crippen LogP contribution is 2.40. The minimum absolute atomic E-state index is 0.00190. The van der Waals surface area contributed by atoms with Crippen molar-refractivity contribution in [2.24, 2.45) is 17.8 Å². The Hall–Kier alpha value is -2.64. The van der Waals surface area contributed by atoms with Gasteiger partial charge in [-0.05, 0) is 118 Å².